The van der Waals surface area contributed by atoms with Crippen molar-refractivity contribution >= 4 is 17.6 Å². The van der Waals surface area contributed by atoms with E-state index in [0.717, 1.165) is 44.8 Å². The smallest absolute Gasteiger partial charge is 0.272 e. The summed E-state index contributed by atoms with van der Waals surface area (Å²) in [6.45, 7) is 6.06. The third kappa shape index (κ3) is 3.60. The van der Waals surface area contributed by atoms with Gasteiger partial charge in [-0.1, -0.05) is 0 Å². The van der Waals surface area contributed by atoms with Gasteiger partial charge in [-0.15, -0.1) is 0 Å². The van der Waals surface area contributed by atoms with Crippen molar-refractivity contribution in [2.45, 2.75) is 26.2 Å². The lowest BCUT2D eigenvalue weighted by molar-refractivity contribution is -0.129. The van der Waals surface area contributed by atoms with Crippen molar-refractivity contribution in [2.75, 3.05) is 44.2 Å². The molecule has 0 saturated carbocycles. The van der Waals surface area contributed by atoms with Crippen molar-refractivity contribution in [2.24, 2.45) is 0 Å². The van der Waals surface area contributed by atoms with Crippen LogP contribution >= 0.6 is 0 Å². The van der Waals surface area contributed by atoms with Crippen LogP contribution in [0.3, 0.4) is 0 Å². The molecule has 2 saturated heterocycles. The highest BCUT2D eigenvalue weighted by Crippen LogP contribution is 2.17. The number of carbonyl (C=O) groups is 2. The van der Waals surface area contributed by atoms with Gasteiger partial charge in [0.05, 0.1) is 0 Å². The molecule has 0 aromatic carbocycles. The van der Waals surface area contributed by atoms with E-state index in [4.69, 9.17) is 0 Å². The molecule has 0 atom stereocenters. The van der Waals surface area contributed by atoms with Crippen molar-refractivity contribution < 1.29 is 9.59 Å². The molecule has 2 aliphatic rings. The van der Waals surface area contributed by atoms with Crippen molar-refractivity contribution in [1.82, 2.24) is 19.8 Å². The van der Waals surface area contributed by atoms with Gasteiger partial charge in [0.25, 0.3) is 5.91 Å². The first-order valence-corrected chi connectivity index (χ1v) is 8.27. The third-order valence-electron chi connectivity index (χ3n) is 4.56. The summed E-state index contributed by atoms with van der Waals surface area (Å²) < 4.78 is 0. The third-order valence-corrected chi connectivity index (χ3v) is 4.56. The van der Waals surface area contributed by atoms with E-state index in [2.05, 4.69) is 14.9 Å². The molecule has 1 aromatic rings. The van der Waals surface area contributed by atoms with E-state index in [-0.39, 0.29) is 11.8 Å². The van der Waals surface area contributed by atoms with Gasteiger partial charge >= 0.3 is 0 Å². The zero-order chi connectivity index (χ0) is 16.2. The summed E-state index contributed by atoms with van der Waals surface area (Å²) in [5.74, 6) is 0.868. The fourth-order valence-electron chi connectivity index (χ4n) is 3.15. The van der Waals surface area contributed by atoms with Crippen LogP contribution in [-0.2, 0) is 4.79 Å². The number of nitrogens with zero attached hydrogens (tertiary/aromatic N) is 5. The standard InChI is InChI=1S/C16H23N5O2/c1-13(22)19-7-9-20(10-8-19)15-11-14(17-12-18-15)16(23)21-5-3-2-4-6-21/h11-12H,2-10H2,1H3. The summed E-state index contributed by atoms with van der Waals surface area (Å²) in [7, 11) is 0. The number of carbonyl (C=O) groups excluding carboxylic acids is 2. The molecule has 0 aliphatic carbocycles. The van der Waals surface area contributed by atoms with Crippen molar-refractivity contribution in [3.63, 3.8) is 0 Å². The fourth-order valence-corrected chi connectivity index (χ4v) is 3.15. The molecule has 0 unspecified atom stereocenters. The number of rotatable bonds is 2. The second-order valence-electron chi connectivity index (χ2n) is 6.11. The average Bonchev–Trinajstić information content (AvgIpc) is 2.62. The number of amides is 2. The minimum absolute atomic E-state index is 0.00396. The lowest BCUT2D eigenvalue weighted by atomic mass is 10.1. The quantitative estimate of drug-likeness (QED) is 0.806. The molecule has 23 heavy (non-hydrogen) atoms. The van der Waals surface area contributed by atoms with Crippen LogP contribution in [0.25, 0.3) is 0 Å². The van der Waals surface area contributed by atoms with Gasteiger partial charge in [0.1, 0.15) is 17.8 Å². The molecular weight excluding hydrogens is 294 g/mol. The molecule has 124 valence electrons. The summed E-state index contributed by atoms with van der Waals surface area (Å²) in [6, 6.07) is 1.78. The first-order chi connectivity index (χ1) is 11.1. The van der Waals surface area contributed by atoms with Crippen molar-refractivity contribution in [3.8, 4) is 0 Å². The van der Waals surface area contributed by atoms with Gasteiger partial charge in [-0.05, 0) is 19.3 Å². The van der Waals surface area contributed by atoms with Crippen LogP contribution in [-0.4, -0.2) is 70.9 Å². The fraction of sp³-hybridized carbons (Fsp3) is 0.625. The van der Waals surface area contributed by atoms with Crippen LogP contribution in [0.15, 0.2) is 12.4 Å². The van der Waals surface area contributed by atoms with Crippen LogP contribution in [0.5, 0.6) is 0 Å². The average molecular weight is 317 g/mol. The summed E-state index contributed by atoms with van der Waals surface area (Å²) in [4.78, 5) is 38.2. The zero-order valence-electron chi connectivity index (χ0n) is 13.6. The van der Waals surface area contributed by atoms with Crippen LogP contribution in [0.2, 0.25) is 0 Å². The molecule has 0 bridgehead atoms. The number of hydrogen-bond acceptors (Lipinski definition) is 5. The Kier molecular flexibility index (Phi) is 4.73. The van der Waals surface area contributed by atoms with E-state index in [1.54, 1.807) is 13.0 Å². The Labute approximate surface area is 136 Å². The maximum Gasteiger partial charge on any atom is 0.272 e. The topological polar surface area (TPSA) is 69.6 Å². The zero-order valence-corrected chi connectivity index (χ0v) is 13.6. The highest BCUT2D eigenvalue weighted by Gasteiger charge is 2.23. The number of likely N-dealkylation sites (tertiary alicyclic amines) is 1. The summed E-state index contributed by atoms with van der Waals surface area (Å²) >= 11 is 0. The Balaban J connectivity index is 1.68. The Morgan fingerprint density at radius 1 is 0.913 bits per heavy atom. The molecule has 7 nitrogen and oxygen atoms in total. The lowest BCUT2D eigenvalue weighted by Crippen LogP contribution is -2.48. The predicted molar refractivity (Wildman–Crippen MR) is 86.3 cm³/mol. The highest BCUT2D eigenvalue weighted by molar-refractivity contribution is 5.93. The highest BCUT2D eigenvalue weighted by atomic mass is 16.2. The van der Waals surface area contributed by atoms with Gasteiger partial charge < -0.3 is 14.7 Å². The summed E-state index contributed by atoms with van der Waals surface area (Å²) in [6.07, 6.45) is 4.79. The maximum absolute atomic E-state index is 12.5. The Morgan fingerprint density at radius 2 is 1.61 bits per heavy atom. The number of anilines is 1. The van der Waals surface area contributed by atoms with Crippen molar-refractivity contribution in [3.05, 3.63) is 18.1 Å². The van der Waals surface area contributed by atoms with E-state index >= 15 is 0 Å². The molecule has 3 rings (SSSR count). The van der Waals surface area contributed by atoms with E-state index in [9.17, 15) is 9.59 Å². The number of aromatic nitrogens is 2. The molecule has 0 N–H and O–H groups in total. The first-order valence-electron chi connectivity index (χ1n) is 8.27. The lowest BCUT2D eigenvalue weighted by Gasteiger charge is -2.35. The minimum Gasteiger partial charge on any atom is -0.353 e. The molecule has 2 amide bonds. The van der Waals surface area contributed by atoms with E-state index in [1.807, 2.05) is 9.80 Å². The van der Waals surface area contributed by atoms with Crippen LogP contribution in [0.1, 0.15) is 36.7 Å². The summed E-state index contributed by atoms with van der Waals surface area (Å²) in [5.41, 5.74) is 0.464. The van der Waals surface area contributed by atoms with E-state index in [0.29, 0.717) is 18.8 Å². The number of piperazine rings is 1. The molecule has 0 radical (unpaired) electrons. The summed E-state index contributed by atoms with van der Waals surface area (Å²) in [5, 5.41) is 0. The second-order valence-corrected chi connectivity index (χ2v) is 6.11. The number of piperidine rings is 1. The van der Waals surface area contributed by atoms with Gasteiger partial charge in [-0.25, -0.2) is 9.97 Å². The van der Waals surface area contributed by atoms with Crippen LogP contribution in [0.4, 0.5) is 5.82 Å². The normalized spacial score (nSPS) is 18.9. The Bertz CT molecular complexity index is 578. The minimum atomic E-state index is -0.00396. The SMILES string of the molecule is CC(=O)N1CCN(c2cc(C(=O)N3CCCCC3)ncn2)CC1. The molecule has 2 fully saturated rings. The number of hydrogen-bond donors (Lipinski definition) is 0. The predicted octanol–water partition coefficient (Wildman–Crippen LogP) is 0.771. The second kappa shape index (κ2) is 6.93. The Hall–Kier alpha value is -2.18. The van der Waals surface area contributed by atoms with Crippen LogP contribution in [0, 0.1) is 0 Å². The van der Waals surface area contributed by atoms with Gasteiger partial charge in [0.15, 0.2) is 0 Å². The molecule has 1 aromatic heterocycles. The van der Waals surface area contributed by atoms with Gasteiger partial charge in [-0.3, -0.25) is 9.59 Å². The molecule has 0 spiro atoms. The van der Waals surface area contributed by atoms with Gasteiger partial charge in [0.2, 0.25) is 5.91 Å². The Morgan fingerprint density at radius 3 is 2.26 bits per heavy atom. The van der Waals surface area contributed by atoms with Crippen molar-refractivity contribution in [1.29, 1.82) is 0 Å². The largest absolute Gasteiger partial charge is 0.353 e. The van der Waals surface area contributed by atoms with E-state index < -0.39 is 0 Å². The van der Waals surface area contributed by atoms with Crippen LogP contribution < -0.4 is 4.90 Å². The molecular formula is C16H23N5O2. The molecule has 3 heterocycles. The molecule has 7 heteroatoms. The van der Waals surface area contributed by atoms with Gasteiger partial charge in [-0.2, -0.15) is 0 Å². The van der Waals surface area contributed by atoms with Gasteiger partial charge in [0, 0.05) is 52.3 Å². The van der Waals surface area contributed by atoms with E-state index in [1.165, 1.54) is 12.7 Å². The first kappa shape index (κ1) is 15.7. The maximum atomic E-state index is 12.5. The monoisotopic (exact) mass is 317 g/mol. The molecule has 2 aliphatic heterocycles.